The van der Waals surface area contributed by atoms with Crippen molar-refractivity contribution in [1.82, 2.24) is 20.0 Å². The van der Waals surface area contributed by atoms with Gasteiger partial charge in [0.25, 0.3) is 5.91 Å². The standard InChI is InChI=1S/C16H27N5O2/c1-3-5-13-10-14(20(2)19-13)16(23)18-7-9-21-8-4-6-12(11-21)15(17)22/h10,12H,3-9,11H2,1-2H3,(H2,17,22)(H,18,23). The highest BCUT2D eigenvalue weighted by atomic mass is 16.2. The highest BCUT2D eigenvalue weighted by Gasteiger charge is 2.23. The van der Waals surface area contributed by atoms with Gasteiger partial charge in [0.1, 0.15) is 5.69 Å². The molecular weight excluding hydrogens is 294 g/mol. The number of hydrogen-bond acceptors (Lipinski definition) is 4. The van der Waals surface area contributed by atoms with E-state index in [1.807, 2.05) is 6.07 Å². The lowest BCUT2D eigenvalue weighted by molar-refractivity contribution is -0.123. The molecule has 1 unspecified atom stereocenters. The SMILES string of the molecule is CCCc1cc(C(=O)NCCN2CCCC(C(N)=O)C2)n(C)n1. The second-order valence-electron chi connectivity index (χ2n) is 6.19. The Morgan fingerprint density at radius 1 is 1.48 bits per heavy atom. The number of rotatable bonds is 7. The second kappa shape index (κ2) is 8.10. The molecule has 0 spiro atoms. The summed E-state index contributed by atoms with van der Waals surface area (Å²) in [6.45, 7) is 5.02. The summed E-state index contributed by atoms with van der Waals surface area (Å²) in [5, 5.41) is 7.27. The van der Waals surface area contributed by atoms with Gasteiger partial charge in [-0.25, -0.2) is 0 Å². The van der Waals surface area contributed by atoms with Crippen LogP contribution in [0.25, 0.3) is 0 Å². The van der Waals surface area contributed by atoms with E-state index < -0.39 is 0 Å². The van der Waals surface area contributed by atoms with Crippen molar-refractivity contribution < 1.29 is 9.59 Å². The zero-order valence-corrected chi connectivity index (χ0v) is 14.0. The minimum atomic E-state index is -0.225. The van der Waals surface area contributed by atoms with Gasteiger partial charge in [-0.2, -0.15) is 5.10 Å². The molecule has 0 radical (unpaired) electrons. The van der Waals surface area contributed by atoms with Crippen LogP contribution in [0.4, 0.5) is 0 Å². The molecule has 0 bridgehead atoms. The van der Waals surface area contributed by atoms with Gasteiger partial charge in [0.05, 0.1) is 11.6 Å². The van der Waals surface area contributed by atoms with Crippen LogP contribution in [-0.2, 0) is 18.3 Å². The average Bonchev–Trinajstić information content (AvgIpc) is 2.88. The summed E-state index contributed by atoms with van der Waals surface area (Å²) >= 11 is 0. The third-order valence-electron chi connectivity index (χ3n) is 4.29. The Labute approximate surface area is 137 Å². The van der Waals surface area contributed by atoms with Crippen molar-refractivity contribution in [3.8, 4) is 0 Å². The summed E-state index contributed by atoms with van der Waals surface area (Å²) in [7, 11) is 1.79. The predicted octanol–water partition coefficient (Wildman–Crippen LogP) is 0.300. The minimum Gasteiger partial charge on any atom is -0.369 e. The maximum absolute atomic E-state index is 12.2. The summed E-state index contributed by atoms with van der Waals surface area (Å²) in [4.78, 5) is 25.7. The van der Waals surface area contributed by atoms with Crippen molar-refractivity contribution in [2.45, 2.75) is 32.6 Å². The van der Waals surface area contributed by atoms with E-state index in [1.165, 1.54) is 0 Å². The van der Waals surface area contributed by atoms with Crippen molar-refractivity contribution >= 4 is 11.8 Å². The van der Waals surface area contributed by atoms with E-state index >= 15 is 0 Å². The molecule has 23 heavy (non-hydrogen) atoms. The van der Waals surface area contributed by atoms with Crippen molar-refractivity contribution in [2.24, 2.45) is 18.7 Å². The van der Waals surface area contributed by atoms with Gasteiger partial charge < -0.3 is 16.0 Å². The summed E-state index contributed by atoms with van der Waals surface area (Å²) in [6, 6.07) is 1.85. The molecule has 128 valence electrons. The summed E-state index contributed by atoms with van der Waals surface area (Å²) < 4.78 is 1.63. The van der Waals surface area contributed by atoms with Crippen LogP contribution in [0.2, 0.25) is 0 Å². The van der Waals surface area contributed by atoms with Gasteiger partial charge in [0.15, 0.2) is 0 Å². The molecule has 1 aliphatic rings. The zero-order chi connectivity index (χ0) is 16.8. The zero-order valence-electron chi connectivity index (χ0n) is 14.0. The van der Waals surface area contributed by atoms with Crippen LogP contribution in [-0.4, -0.2) is 52.7 Å². The molecule has 7 nitrogen and oxygen atoms in total. The van der Waals surface area contributed by atoms with Crippen LogP contribution in [0, 0.1) is 5.92 Å². The van der Waals surface area contributed by atoms with Crippen molar-refractivity contribution in [3.63, 3.8) is 0 Å². The van der Waals surface area contributed by atoms with Gasteiger partial charge in [0, 0.05) is 26.7 Å². The van der Waals surface area contributed by atoms with Gasteiger partial charge in [-0.15, -0.1) is 0 Å². The van der Waals surface area contributed by atoms with E-state index in [-0.39, 0.29) is 17.7 Å². The van der Waals surface area contributed by atoms with Crippen molar-refractivity contribution in [2.75, 3.05) is 26.2 Å². The Morgan fingerprint density at radius 2 is 2.26 bits per heavy atom. The third-order valence-corrected chi connectivity index (χ3v) is 4.29. The van der Waals surface area contributed by atoms with E-state index in [0.29, 0.717) is 18.8 Å². The Balaban J connectivity index is 1.79. The molecule has 1 aliphatic heterocycles. The quantitative estimate of drug-likeness (QED) is 0.755. The first kappa shape index (κ1) is 17.5. The Bertz CT molecular complexity index is 555. The van der Waals surface area contributed by atoms with E-state index in [2.05, 4.69) is 22.2 Å². The molecule has 7 heteroatoms. The van der Waals surface area contributed by atoms with Gasteiger partial charge in [-0.05, 0) is 31.9 Å². The molecular formula is C16H27N5O2. The monoisotopic (exact) mass is 321 g/mol. The highest BCUT2D eigenvalue weighted by Crippen LogP contribution is 2.15. The van der Waals surface area contributed by atoms with Gasteiger partial charge >= 0.3 is 0 Å². The van der Waals surface area contributed by atoms with Gasteiger partial charge in [-0.3, -0.25) is 14.3 Å². The molecule has 1 aromatic heterocycles. The Hall–Kier alpha value is -1.89. The maximum atomic E-state index is 12.2. The number of likely N-dealkylation sites (tertiary alicyclic amines) is 1. The second-order valence-corrected chi connectivity index (χ2v) is 6.19. The normalized spacial score (nSPS) is 18.8. The summed E-state index contributed by atoms with van der Waals surface area (Å²) in [6.07, 6.45) is 3.73. The fraction of sp³-hybridized carbons (Fsp3) is 0.688. The molecule has 1 saturated heterocycles. The topological polar surface area (TPSA) is 93.3 Å². The number of carbonyl (C=O) groups is 2. The lowest BCUT2D eigenvalue weighted by Crippen LogP contribution is -2.44. The number of hydrogen-bond donors (Lipinski definition) is 2. The minimum absolute atomic E-state index is 0.0619. The molecule has 1 fully saturated rings. The van der Waals surface area contributed by atoms with Crippen molar-refractivity contribution in [1.29, 1.82) is 0 Å². The molecule has 0 aromatic carbocycles. The maximum Gasteiger partial charge on any atom is 0.269 e. The van der Waals surface area contributed by atoms with Crippen LogP contribution in [0.1, 0.15) is 42.4 Å². The molecule has 0 saturated carbocycles. The average molecular weight is 321 g/mol. The Morgan fingerprint density at radius 3 is 2.96 bits per heavy atom. The van der Waals surface area contributed by atoms with E-state index in [9.17, 15) is 9.59 Å². The van der Waals surface area contributed by atoms with Crippen LogP contribution in [0.15, 0.2) is 6.07 Å². The number of aromatic nitrogens is 2. The summed E-state index contributed by atoms with van der Waals surface area (Å²) in [5.74, 6) is -0.393. The molecule has 2 heterocycles. The van der Waals surface area contributed by atoms with E-state index in [1.54, 1.807) is 11.7 Å². The van der Waals surface area contributed by atoms with Crippen LogP contribution in [0.3, 0.4) is 0 Å². The first-order chi connectivity index (χ1) is 11.0. The summed E-state index contributed by atoms with van der Waals surface area (Å²) in [5.41, 5.74) is 6.91. The predicted molar refractivity (Wildman–Crippen MR) is 87.9 cm³/mol. The molecule has 3 N–H and O–H groups in total. The molecule has 0 aliphatic carbocycles. The van der Waals surface area contributed by atoms with Gasteiger partial charge in [-0.1, -0.05) is 13.3 Å². The van der Waals surface area contributed by atoms with Crippen LogP contribution in [0.5, 0.6) is 0 Å². The number of nitrogens with two attached hydrogens (primary N) is 1. The number of aryl methyl sites for hydroxylation is 2. The van der Waals surface area contributed by atoms with Crippen LogP contribution < -0.4 is 11.1 Å². The number of carbonyl (C=O) groups excluding carboxylic acids is 2. The lowest BCUT2D eigenvalue weighted by Gasteiger charge is -2.31. The Kier molecular flexibility index (Phi) is 6.15. The van der Waals surface area contributed by atoms with E-state index in [4.69, 9.17) is 5.73 Å². The van der Waals surface area contributed by atoms with Crippen LogP contribution >= 0.6 is 0 Å². The number of primary amides is 1. The highest BCUT2D eigenvalue weighted by molar-refractivity contribution is 5.92. The number of amides is 2. The first-order valence-corrected chi connectivity index (χ1v) is 8.34. The molecule has 2 rings (SSSR count). The fourth-order valence-corrected chi connectivity index (χ4v) is 3.03. The number of nitrogens with zero attached hydrogens (tertiary/aromatic N) is 3. The van der Waals surface area contributed by atoms with E-state index in [0.717, 1.165) is 44.5 Å². The number of nitrogens with one attached hydrogen (secondary N) is 1. The smallest absolute Gasteiger partial charge is 0.269 e. The van der Waals surface area contributed by atoms with Gasteiger partial charge in [0.2, 0.25) is 5.91 Å². The molecule has 2 amide bonds. The third kappa shape index (κ3) is 4.79. The largest absolute Gasteiger partial charge is 0.369 e. The lowest BCUT2D eigenvalue weighted by atomic mass is 9.97. The molecule has 1 aromatic rings. The first-order valence-electron chi connectivity index (χ1n) is 8.34. The number of piperidine rings is 1. The fourth-order valence-electron chi connectivity index (χ4n) is 3.03. The molecule has 1 atom stereocenters. The van der Waals surface area contributed by atoms with Crippen molar-refractivity contribution in [3.05, 3.63) is 17.5 Å².